The van der Waals surface area contributed by atoms with Gasteiger partial charge in [-0.15, -0.1) is 0 Å². The van der Waals surface area contributed by atoms with Gasteiger partial charge in [0.1, 0.15) is 5.75 Å². The number of benzene rings is 8. The second kappa shape index (κ2) is 11.4. The lowest BCUT2D eigenvalue weighted by Crippen LogP contribution is -1.93. The molecule has 0 radical (unpaired) electrons. The summed E-state index contributed by atoms with van der Waals surface area (Å²) in [6.45, 7) is 3.43. The monoisotopic (exact) mass is 646 g/mol. The number of aromatic hydroxyl groups is 3. The Balaban J connectivity index is 1.17. The Labute approximate surface area is 290 Å². The van der Waals surface area contributed by atoms with Gasteiger partial charge in [0, 0.05) is 5.56 Å². The fourth-order valence-electron chi connectivity index (χ4n) is 7.97. The van der Waals surface area contributed by atoms with E-state index >= 15 is 0 Å². The smallest absolute Gasteiger partial charge is 0.169 e. The van der Waals surface area contributed by atoms with Crippen molar-refractivity contribution < 1.29 is 15.3 Å². The molecule has 0 amide bonds. The average molecular weight is 647 g/mol. The van der Waals surface area contributed by atoms with Crippen LogP contribution < -0.4 is 0 Å². The summed E-state index contributed by atoms with van der Waals surface area (Å²) in [5.74, 6) is -0.520. The number of hydrogen-bond acceptors (Lipinski definition) is 3. The quantitative estimate of drug-likeness (QED) is 0.101. The normalized spacial score (nSPS) is 12.5. The van der Waals surface area contributed by atoms with Gasteiger partial charge in [0.2, 0.25) is 0 Å². The molecule has 0 unspecified atom stereocenters. The first-order valence-corrected chi connectivity index (χ1v) is 17.0. The number of phenolic OH excluding ortho intramolecular Hbond substituents is 3. The molecular weight excluding hydrogens is 613 g/mol. The standard InChI is InChI=1S/C47H34O3/c1-27-28(2)46(49)47(50)43(45(27)48)33-23-20-31-24-25-35(41(31)26-33)30-18-21-32(22-19-30)42-37-13-5-7-15-39(37)44(40-16-8-6-14-38(40)42)36-17-9-11-29-10-3-4-12-34(29)36/h3-23,25-26,48-50H,24H2,1-2H3. The molecule has 240 valence electrons. The molecule has 8 aromatic rings. The van der Waals surface area contributed by atoms with Crippen molar-refractivity contribution in [2.45, 2.75) is 20.3 Å². The van der Waals surface area contributed by atoms with Crippen molar-refractivity contribution in [1.82, 2.24) is 0 Å². The largest absolute Gasteiger partial charge is 0.507 e. The lowest BCUT2D eigenvalue weighted by Gasteiger charge is -2.19. The van der Waals surface area contributed by atoms with Crippen LogP contribution in [0.1, 0.15) is 27.8 Å². The van der Waals surface area contributed by atoms with Crippen LogP contribution in [-0.2, 0) is 6.42 Å². The molecular formula is C47H34O3. The summed E-state index contributed by atoms with van der Waals surface area (Å²) < 4.78 is 0. The molecule has 3 N–H and O–H groups in total. The lowest BCUT2D eigenvalue weighted by atomic mass is 9.84. The van der Waals surface area contributed by atoms with E-state index in [0.29, 0.717) is 16.7 Å². The molecule has 1 aliphatic carbocycles. The molecule has 50 heavy (non-hydrogen) atoms. The Morgan fingerprint density at radius 1 is 0.420 bits per heavy atom. The van der Waals surface area contributed by atoms with E-state index in [2.05, 4.69) is 121 Å². The van der Waals surface area contributed by atoms with Crippen LogP contribution in [0.3, 0.4) is 0 Å². The minimum atomic E-state index is -0.302. The Hall–Kier alpha value is -6.32. The predicted molar refractivity (Wildman–Crippen MR) is 207 cm³/mol. The molecule has 8 aromatic carbocycles. The number of rotatable bonds is 4. The molecule has 0 spiro atoms. The molecule has 0 fully saturated rings. The summed E-state index contributed by atoms with van der Waals surface area (Å²) in [5, 5.41) is 39.8. The fraction of sp³-hybridized carbons (Fsp3) is 0.0638. The van der Waals surface area contributed by atoms with Crippen molar-refractivity contribution in [3.8, 4) is 50.6 Å². The number of hydrogen-bond donors (Lipinski definition) is 3. The molecule has 0 saturated heterocycles. The maximum Gasteiger partial charge on any atom is 0.169 e. The molecule has 0 saturated carbocycles. The number of phenols is 3. The van der Waals surface area contributed by atoms with E-state index < -0.39 is 0 Å². The third-order valence-corrected chi connectivity index (χ3v) is 10.7. The molecule has 3 heteroatoms. The molecule has 0 heterocycles. The Kier molecular flexibility index (Phi) is 6.79. The lowest BCUT2D eigenvalue weighted by molar-refractivity contribution is 0.394. The minimum Gasteiger partial charge on any atom is -0.507 e. The first kappa shape index (κ1) is 29.8. The molecule has 0 atom stereocenters. The molecule has 0 bridgehead atoms. The van der Waals surface area contributed by atoms with Gasteiger partial charge < -0.3 is 15.3 Å². The maximum atomic E-state index is 11.0. The zero-order chi connectivity index (χ0) is 34.1. The van der Waals surface area contributed by atoms with Crippen LogP contribution in [0, 0.1) is 13.8 Å². The van der Waals surface area contributed by atoms with E-state index in [0.717, 1.165) is 28.7 Å². The van der Waals surface area contributed by atoms with Crippen molar-refractivity contribution in [1.29, 1.82) is 0 Å². The van der Waals surface area contributed by atoms with Crippen molar-refractivity contribution >= 4 is 37.9 Å². The summed E-state index contributed by atoms with van der Waals surface area (Å²) >= 11 is 0. The van der Waals surface area contributed by atoms with Gasteiger partial charge in [-0.3, -0.25) is 0 Å². The van der Waals surface area contributed by atoms with E-state index in [4.69, 9.17) is 0 Å². The molecule has 9 rings (SSSR count). The van der Waals surface area contributed by atoms with E-state index in [9.17, 15) is 15.3 Å². The molecule has 0 aliphatic heterocycles. The van der Waals surface area contributed by atoms with Crippen LogP contribution >= 0.6 is 0 Å². The minimum absolute atomic E-state index is 0.0171. The van der Waals surface area contributed by atoms with Gasteiger partial charge in [0.05, 0.1) is 5.56 Å². The van der Waals surface area contributed by atoms with Crippen molar-refractivity contribution in [2.24, 2.45) is 0 Å². The van der Waals surface area contributed by atoms with Crippen molar-refractivity contribution in [2.75, 3.05) is 0 Å². The van der Waals surface area contributed by atoms with Gasteiger partial charge in [0.25, 0.3) is 0 Å². The topological polar surface area (TPSA) is 60.7 Å². The van der Waals surface area contributed by atoms with Gasteiger partial charge in [-0.1, -0.05) is 133 Å². The van der Waals surface area contributed by atoms with Crippen LogP contribution in [0.25, 0.3) is 71.3 Å². The van der Waals surface area contributed by atoms with E-state index in [-0.39, 0.29) is 22.8 Å². The Morgan fingerprint density at radius 2 is 0.960 bits per heavy atom. The summed E-state index contributed by atoms with van der Waals surface area (Å²) in [6, 6.07) is 47.5. The first-order chi connectivity index (χ1) is 24.4. The summed E-state index contributed by atoms with van der Waals surface area (Å²) in [4.78, 5) is 0. The average Bonchev–Trinajstić information content (AvgIpc) is 3.59. The highest BCUT2D eigenvalue weighted by atomic mass is 16.3. The predicted octanol–water partition coefficient (Wildman–Crippen LogP) is 11.9. The highest BCUT2D eigenvalue weighted by molar-refractivity contribution is 6.23. The van der Waals surface area contributed by atoms with Gasteiger partial charge >= 0.3 is 0 Å². The van der Waals surface area contributed by atoms with E-state index in [1.165, 1.54) is 54.6 Å². The summed E-state index contributed by atoms with van der Waals surface area (Å²) in [7, 11) is 0. The van der Waals surface area contributed by atoms with Crippen LogP contribution in [0.5, 0.6) is 17.2 Å². The fourth-order valence-corrected chi connectivity index (χ4v) is 7.97. The molecule has 0 aromatic heterocycles. The SMILES string of the molecule is Cc1c(C)c(O)c(-c2ccc3c(c2)C(c2ccc(-c4c5ccccc5c(-c5cccc6ccccc56)c5ccccc45)cc2)=CC3)c(O)c1O. The Bertz CT molecular complexity index is 2620. The maximum absolute atomic E-state index is 11.0. The van der Waals surface area contributed by atoms with E-state index in [1.54, 1.807) is 13.8 Å². The summed E-state index contributed by atoms with van der Waals surface area (Å²) in [6.07, 6.45) is 3.04. The van der Waals surface area contributed by atoms with E-state index in [1.807, 2.05) is 18.2 Å². The highest BCUT2D eigenvalue weighted by Crippen LogP contribution is 2.49. The van der Waals surface area contributed by atoms with Crippen LogP contribution in [0.4, 0.5) is 0 Å². The van der Waals surface area contributed by atoms with Crippen molar-refractivity contribution in [3.05, 3.63) is 167 Å². The molecule has 1 aliphatic rings. The van der Waals surface area contributed by atoms with Crippen LogP contribution in [0.2, 0.25) is 0 Å². The number of allylic oxidation sites excluding steroid dienone is 1. The zero-order valence-electron chi connectivity index (χ0n) is 27.8. The highest BCUT2D eigenvalue weighted by Gasteiger charge is 2.24. The van der Waals surface area contributed by atoms with Gasteiger partial charge in [-0.25, -0.2) is 0 Å². The van der Waals surface area contributed by atoms with Gasteiger partial charge in [-0.05, 0) is 114 Å². The second-order valence-corrected chi connectivity index (χ2v) is 13.3. The molecule has 3 nitrogen and oxygen atoms in total. The number of fused-ring (bicyclic) bond motifs is 4. The van der Waals surface area contributed by atoms with Gasteiger partial charge in [0.15, 0.2) is 11.5 Å². The zero-order valence-corrected chi connectivity index (χ0v) is 27.8. The van der Waals surface area contributed by atoms with Crippen molar-refractivity contribution in [3.63, 3.8) is 0 Å². The second-order valence-electron chi connectivity index (χ2n) is 13.3. The van der Waals surface area contributed by atoms with Crippen LogP contribution in [0.15, 0.2) is 140 Å². The van der Waals surface area contributed by atoms with Crippen LogP contribution in [-0.4, -0.2) is 15.3 Å². The summed E-state index contributed by atoms with van der Waals surface area (Å²) in [5.41, 5.74) is 11.2. The third kappa shape index (κ3) is 4.44. The Morgan fingerprint density at radius 3 is 1.64 bits per heavy atom. The third-order valence-electron chi connectivity index (χ3n) is 10.7. The van der Waals surface area contributed by atoms with Gasteiger partial charge in [-0.2, -0.15) is 0 Å². The first-order valence-electron chi connectivity index (χ1n) is 17.0.